The van der Waals surface area contributed by atoms with Gasteiger partial charge in [-0.2, -0.15) is 0 Å². The summed E-state index contributed by atoms with van der Waals surface area (Å²) in [4.78, 5) is 2.64. The summed E-state index contributed by atoms with van der Waals surface area (Å²) in [5, 5.41) is 3.82. The molecule has 1 atom stereocenters. The van der Waals surface area contributed by atoms with E-state index in [2.05, 4.69) is 42.3 Å². The summed E-state index contributed by atoms with van der Waals surface area (Å²) in [7, 11) is 0. The normalized spacial score (nSPS) is 24.0. The van der Waals surface area contributed by atoms with Gasteiger partial charge < -0.3 is 5.32 Å². The Morgan fingerprint density at radius 2 is 2.00 bits per heavy atom. The van der Waals surface area contributed by atoms with Crippen LogP contribution in [-0.2, 0) is 6.54 Å². The molecule has 3 rings (SSSR count). The van der Waals surface area contributed by atoms with Crippen molar-refractivity contribution in [3.05, 3.63) is 34.9 Å². The van der Waals surface area contributed by atoms with Gasteiger partial charge in [0.2, 0.25) is 0 Å². The van der Waals surface area contributed by atoms with Crippen molar-refractivity contribution in [3.8, 4) is 0 Å². The van der Waals surface area contributed by atoms with Crippen LogP contribution in [-0.4, -0.2) is 30.6 Å². The van der Waals surface area contributed by atoms with E-state index < -0.39 is 0 Å². The van der Waals surface area contributed by atoms with E-state index in [9.17, 15) is 0 Å². The van der Waals surface area contributed by atoms with E-state index in [0.717, 1.165) is 12.5 Å². The van der Waals surface area contributed by atoms with Crippen LogP contribution in [0.15, 0.2) is 18.2 Å². The van der Waals surface area contributed by atoms with Gasteiger partial charge in [-0.25, -0.2) is 0 Å². The molecule has 1 aromatic carbocycles. The molecule has 0 radical (unpaired) electrons. The van der Waals surface area contributed by atoms with Gasteiger partial charge in [-0.1, -0.05) is 30.2 Å². The van der Waals surface area contributed by atoms with Crippen molar-refractivity contribution >= 4 is 0 Å². The predicted octanol–water partition coefficient (Wildman–Crippen LogP) is 3.66. The second-order valence-electron chi connectivity index (χ2n) is 7.21. The summed E-state index contributed by atoms with van der Waals surface area (Å²) in [5.74, 6) is 0.972. The highest BCUT2D eigenvalue weighted by molar-refractivity contribution is 5.30. The van der Waals surface area contributed by atoms with Gasteiger partial charge in [-0.15, -0.1) is 0 Å². The standard InChI is InChI=1S/C19H30N2/c1-15-8-9-18(16(2)11-15)13-21-10-4-7-19(14-21)20-12-17-5-3-6-17/h8-9,11,17,19-20H,3-7,10,12-14H2,1-2H3. The number of likely N-dealkylation sites (tertiary alicyclic amines) is 1. The van der Waals surface area contributed by atoms with Crippen LogP contribution in [0.1, 0.15) is 48.8 Å². The Labute approximate surface area is 129 Å². The predicted molar refractivity (Wildman–Crippen MR) is 89.6 cm³/mol. The summed E-state index contributed by atoms with van der Waals surface area (Å²) >= 11 is 0. The van der Waals surface area contributed by atoms with Crippen LogP contribution >= 0.6 is 0 Å². The summed E-state index contributed by atoms with van der Waals surface area (Å²) in [6.07, 6.45) is 7.05. The van der Waals surface area contributed by atoms with E-state index >= 15 is 0 Å². The van der Waals surface area contributed by atoms with E-state index in [-0.39, 0.29) is 0 Å². The van der Waals surface area contributed by atoms with Crippen LogP contribution in [0.3, 0.4) is 0 Å². The Hall–Kier alpha value is -0.860. The highest BCUT2D eigenvalue weighted by Crippen LogP contribution is 2.26. The summed E-state index contributed by atoms with van der Waals surface area (Å²) in [6, 6.07) is 7.59. The van der Waals surface area contributed by atoms with Crippen LogP contribution in [0.4, 0.5) is 0 Å². The Balaban J connectivity index is 1.50. The summed E-state index contributed by atoms with van der Waals surface area (Å²) in [5.41, 5.74) is 4.31. The lowest BCUT2D eigenvalue weighted by Crippen LogP contribution is -2.47. The first-order chi connectivity index (χ1) is 10.2. The van der Waals surface area contributed by atoms with E-state index in [1.54, 1.807) is 0 Å². The van der Waals surface area contributed by atoms with Crippen molar-refractivity contribution < 1.29 is 0 Å². The third-order valence-corrected chi connectivity index (χ3v) is 5.32. The maximum atomic E-state index is 3.82. The molecule has 1 aliphatic carbocycles. The van der Waals surface area contributed by atoms with Gasteiger partial charge >= 0.3 is 0 Å². The second kappa shape index (κ2) is 6.93. The molecule has 2 nitrogen and oxygen atoms in total. The third kappa shape index (κ3) is 4.08. The molecule has 0 bridgehead atoms. The molecule has 21 heavy (non-hydrogen) atoms. The molecule has 1 heterocycles. The summed E-state index contributed by atoms with van der Waals surface area (Å²) in [6.45, 7) is 9.28. The highest BCUT2D eigenvalue weighted by Gasteiger charge is 2.23. The lowest BCUT2D eigenvalue weighted by atomic mass is 9.85. The minimum Gasteiger partial charge on any atom is -0.312 e. The van der Waals surface area contributed by atoms with Gasteiger partial charge in [-0.05, 0) is 69.7 Å². The molecule has 1 aromatic rings. The first-order valence-corrected chi connectivity index (χ1v) is 8.72. The minimum atomic E-state index is 0.713. The Morgan fingerprint density at radius 3 is 2.71 bits per heavy atom. The third-order valence-electron chi connectivity index (χ3n) is 5.32. The molecule has 0 aromatic heterocycles. The quantitative estimate of drug-likeness (QED) is 0.888. The lowest BCUT2D eigenvalue weighted by molar-refractivity contribution is 0.173. The van der Waals surface area contributed by atoms with E-state index in [1.165, 1.54) is 68.4 Å². The van der Waals surface area contributed by atoms with Crippen LogP contribution in [0.2, 0.25) is 0 Å². The Kier molecular flexibility index (Phi) is 4.97. The first-order valence-electron chi connectivity index (χ1n) is 8.72. The van der Waals surface area contributed by atoms with Crippen molar-refractivity contribution in [1.29, 1.82) is 0 Å². The number of piperidine rings is 1. The molecule has 1 unspecified atom stereocenters. The van der Waals surface area contributed by atoms with Gasteiger partial charge in [0, 0.05) is 19.1 Å². The van der Waals surface area contributed by atoms with Gasteiger partial charge in [0.1, 0.15) is 0 Å². The first kappa shape index (κ1) is 15.1. The van der Waals surface area contributed by atoms with E-state index in [1.807, 2.05) is 0 Å². The van der Waals surface area contributed by atoms with Crippen LogP contribution < -0.4 is 5.32 Å². The molecule has 1 aliphatic heterocycles. The fourth-order valence-electron chi connectivity index (χ4n) is 3.66. The topological polar surface area (TPSA) is 15.3 Å². The SMILES string of the molecule is Cc1ccc(CN2CCCC(NCC3CCC3)C2)c(C)c1. The molecule has 0 amide bonds. The lowest BCUT2D eigenvalue weighted by Gasteiger charge is -2.35. The molecule has 1 saturated carbocycles. The summed E-state index contributed by atoms with van der Waals surface area (Å²) < 4.78 is 0. The van der Waals surface area contributed by atoms with Gasteiger partial charge in [-0.3, -0.25) is 4.90 Å². The molecular formula is C19H30N2. The van der Waals surface area contributed by atoms with Gasteiger partial charge in [0.05, 0.1) is 0 Å². The molecule has 2 heteroatoms. The molecular weight excluding hydrogens is 256 g/mol. The molecule has 116 valence electrons. The van der Waals surface area contributed by atoms with Crippen LogP contribution in [0.25, 0.3) is 0 Å². The van der Waals surface area contributed by atoms with E-state index in [0.29, 0.717) is 6.04 Å². The largest absolute Gasteiger partial charge is 0.312 e. The van der Waals surface area contributed by atoms with Crippen molar-refractivity contribution in [1.82, 2.24) is 10.2 Å². The number of nitrogens with zero attached hydrogens (tertiary/aromatic N) is 1. The zero-order chi connectivity index (χ0) is 14.7. The maximum Gasteiger partial charge on any atom is 0.0237 e. The average Bonchev–Trinajstić information content (AvgIpc) is 2.41. The number of aryl methyl sites for hydroxylation is 2. The van der Waals surface area contributed by atoms with Gasteiger partial charge in [0.25, 0.3) is 0 Å². The van der Waals surface area contributed by atoms with Gasteiger partial charge in [0.15, 0.2) is 0 Å². The van der Waals surface area contributed by atoms with Crippen LogP contribution in [0.5, 0.6) is 0 Å². The number of nitrogens with one attached hydrogen (secondary N) is 1. The zero-order valence-corrected chi connectivity index (χ0v) is 13.7. The fraction of sp³-hybridized carbons (Fsp3) is 0.684. The molecule has 2 fully saturated rings. The number of hydrogen-bond acceptors (Lipinski definition) is 2. The van der Waals surface area contributed by atoms with E-state index in [4.69, 9.17) is 0 Å². The number of hydrogen-bond donors (Lipinski definition) is 1. The van der Waals surface area contributed by atoms with Crippen molar-refractivity contribution in [2.45, 2.75) is 58.5 Å². The Morgan fingerprint density at radius 1 is 1.14 bits per heavy atom. The highest BCUT2D eigenvalue weighted by atomic mass is 15.2. The average molecular weight is 286 g/mol. The fourth-order valence-corrected chi connectivity index (χ4v) is 3.66. The smallest absolute Gasteiger partial charge is 0.0237 e. The maximum absolute atomic E-state index is 3.82. The van der Waals surface area contributed by atoms with Crippen molar-refractivity contribution in [2.75, 3.05) is 19.6 Å². The molecule has 1 N–H and O–H groups in total. The second-order valence-corrected chi connectivity index (χ2v) is 7.21. The number of benzene rings is 1. The molecule has 1 saturated heterocycles. The van der Waals surface area contributed by atoms with Crippen LogP contribution in [0, 0.1) is 19.8 Å². The monoisotopic (exact) mass is 286 g/mol. The Bertz CT molecular complexity index is 465. The number of rotatable bonds is 5. The minimum absolute atomic E-state index is 0.713. The molecule has 0 spiro atoms. The van der Waals surface area contributed by atoms with Crippen molar-refractivity contribution in [2.24, 2.45) is 5.92 Å². The van der Waals surface area contributed by atoms with Crippen molar-refractivity contribution in [3.63, 3.8) is 0 Å². The molecule has 2 aliphatic rings. The zero-order valence-electron chi connectivity index (χ0n) is 13.7.